The third-order valence-electron chi connectivity index (χ3n) is 3.68. The number of carbonyl (C=O) groups excluding carboxylic acids is 1. The number of aromatic nitrogens is 2. The Hall–Kier alpha value is -2.62. The van der Waals surface area contributed by atoms with Crippen molar-refractivity contribution in [3.63, 3.8) is 0 Å². The molecule has 0 atom stereocenters. The summed E-state index contributed by atoms with van der Waals surface area (Å²) in [6.45, 7) is 6.58. The fourth-order valence-electron chi connectivity index (χ4n) is 2.67. The second kappa shape index (κ2) is 5.88. The Kier molecular flexibility index (Phi) is 3.90. The van der Waals surface area contributed by atoms with Gasteiger partial charge in [0, 0.05) is 11.1 Å². The average Bonchev–Trinajstić information content (AvgIpc) is 2.87. The summed E-state index contributed by atoms with van der Waals surface area (Å²) in [7, 11) is 0. The van der Waals surface area contributed by atoms with Crippen LogP contribution in [0.4, 0.5) is 5.69 Å². The number of imidazole rings is 1. The van der Waals surface area contributed by atoms with E-state index in [-0.39, 0.29) is 17.9 Å². The van der Waals surface area contributed by atoms with Crippen molar-refractivity contribution in [2.24, 2.45) is 0 Å². The number of amides is 1. The molecule has 0 aliphatic rings. The molecule has 0 fully saturated rings. The van der Waals surface area contributed by atoms with Crippen LogP contribution >= 0.6 is 0 Å². The Morgan fingerprint density at radius 2 is 1.70 bits per heavy atom. The molecule has 1 N–H and O–H groups in total. The standard InChI is InChI=1S/C19H21N3O/c1-19(2,3)18-21-15-11-7-8-12-16(15)22(18)13-17(23)20-14-9-5-4-6-10-14/h4-12H,13H2,1-3H3,(H,20,23). The van der Waals surface area contributed by atoms with Gasteiger partial charge >= 0.3 is 0 Å². The fourth-order valence-corrected chi connectivity index (χ4v) is 2.67. The van der Waals surface area contributed by atoms with Gasteiger partial charge in [-0.3, -0.25) is 4.79 Å². The summed E-state index contributed by atoms with van der Waals surface area (Å²) >= 11 is 0. The maximum Gasteiger partial charge on any atom is 0.244 e. The van der Waals surface area contributed by atoms with Crippen LogP contribution in [0.15, 0.2) is 54.6 Å². The van der Waals surface area contributed by atoms with Gasteiger partial charge in [-0.1, -0.05) is 51.1 Å². The van der Waals surface area contributed by atoms with E-state index in [9.17, 15) is 4.79 Å². The second-order valence-corrected chi connectivity index (χ2v) is 6.67. The third-order valence-corrected chi connectivity index (χ3v) is 3.68. The molecule has 4 heteroatoms. The second-order valence-electron chi connectivity index (χ2n) is 6.67. The Balaban J connectivity index is 1.94. The average molecular weight is 307 g/mol. The molecule has 1 aromatic heterocycles. The van der Waals surface area contributed by atoms with Crippen LogP contribution < -0.4 is 5.32 Å². The number of fused-ring (bicyclic) bond motifs is 1. The van der Waals surface area contributed by atoms with E-state index in [0.29, 0.717) is 0 Å². The highest BCUT2D eigenvalue weighted by Gasteiger charge is 2.23. The first-order valence-electron chi connectivity index (χ1n) is 7.76. The molecule has 3 rings (SSSR count). The summed E-state index contributed by atoms with van der Waals surface area (Å²) < 4.78 is 2.01. The SMILES string of the molecule is CC(C)(C)c1nc2ccccc2n1CC(=O)Nc1ccccc1. The van der Waals surface area contributed by atoms with E-state index in [1.54, 1.807) is 0 Å². The number of hydrogen-bond donors (Lipinski definition) is 1. The molecule has 0 spiro atoms. The van der Waals surface area contributed by atoms with E-state index < -0.39 is 0 Å². The Morgan fingerprint density at radius 1 is 1.04 bits per heavy atom. The minimum atomic E-state index is -0.133. The molecular weight excluding hydrogens is 286 g/mol. The first kappa shape index (κ1) is 15.3. The molecule has 0 aliphatic carbocycles. The number of rotatable bonds is 3. The molecule has 0 unspecified atom stereocenters. The van der Waals surface area contributed by atoms with Crippen molar-refractivity contribution in [2.45, 2.75) is 32.7 Å². The van der Waals surface area contributed by atoms with Gasteiger partial charge in [0.15, 0.2) is 0 Å². The molecule has 0 saturated heterocycles. The Morgan fingerprint density at radius 3 is 2.39 bits per heavy atom. The van der Waals surface area contributed by atoms with Gasteiger partial charge in [-0.25, -0.2) is 4.98 Å². The lowest BCUT2D eigenvalue weighted by atomic mass is 9.95. The van der Waals surface area contributed by atoms with Gasteiger partial charge in [-0.15, -0.1) is 0 Å². The summed E-state index contributed by atoms with van der Waals surface area (Å²) in [6, 6.07) is 17.4. The number of nitrogens with one attached hydrogen (secondary N) is 1. The third kappa shape index (κ3) is 3.26. The smallest absolute Gasteiger partial charge is 0.244 e. The van der Waals surface area contributed by atoms with Gasteiger partial charge in [0.25, 0.3) is 0 Å². The molecule has 1 heterocycles. The van der Waals surface area contributed by atoms with Gasteiger partial charge in [0.1, 0.15) is 12.4 Å². The zero-order valence-electron chi connectivity index (χ0n) is 13.7. The van der Waals surface area contributed by atoms with E-state index >= 15 is 0 Å². The van der Waals surface area contributed by atoms with Crippen molar-refractivity contribution < 1.29 is 4.79 Å². The molecule has 118 valence electrons. The van der Waals surface area contributed by atoms with Crippen molar-refractivity contribution in [2.75, 3.05) is 5.32 Å². The zero-order valence-corrected chi connectivity index (χ0v) is 13.7. The highest BCUT2D eigenvalue weighted by molar-refractivity contribution is 5.91. The highest BCUT2D eigenvalue weighted by Crippen LogP contribution is 2.26. The first-order valence-corrected chi connectivity index (χ1v) is 7.76. The molecule has 0 aliphatic heterocycles. The minimum absolute atomic E-state index is 0.0511. The quantitative estimate of drug-likeness (QED) is 0.796. The lowest BCUT2D eigenvalue weighted by Gasteiger charge is -2.20. The van der Waals surface area contributed by atoms with Gasteiger partial charge in [-0.05, 0) is 24.3 Å². The highest BCUT2D eigenvalue weighted by atomic mass is 16.1. The Bertz CT molecular complexity index is 829. The summed E-state index contributed by atoms with van der Waals surface area (Å²) in [6.07, 6.45) is 0. The summed E-state index contributed by atoms with van der Waals surface area (Å²) in [5.74, 6) is 0.867. The van der Waals surface area contributed by atoms with Crippen LogP contribution in [0.1, 0.15) is 26.6 Å². The number of benzene rings is 2. The monoisotopic (exact) mass is 307 g/mol. The van der Waals surface area contributed by atoms with Crippen LogP contribution in [0.25, 0.3) is 11.0 Å². The van der Waals surface area contributed by atoms with Crippen molar-refractivity contribution in [1.29, 1.82) is 0 Å². The maximum atomic E-state index is 12.4. The number of hydrogen-bond acceptors (Lipinski definition) is 2. The molecule has 0 saturated carbocycles. The lowest BCUT2D eigenvalue weighted by Crippen LogP contribution is -2.25. The van der Waals surface area contributed by atoms with Gasteiger partial charge in [0.05, 0.1) is 11.0 Å². The summed E-state index contributed by atoms with van der Waals surface area (Å²) in [5, 5.41) is 2.94. The molecular formula is C19H21N3O. The van der Waals surface area contributed by atoms with E-state index in [0.717, 1.165) is 22.5 Å². The number of para-hydroxylation sites is 3. The molecule has 3 aromatic rings. The molecule has 4 nitrogen and oxygen atoms in total. The van der Waals surface area contributed by atoms with Gasteiger partial charge < -0.3 is 9.88 Å². The van der Waals surface area contributed by atoms with Gasteiger partial charge in [-0.2, -0.15) is 0 Å². The van der Waals surface area contributed by atoms with Crippen molar-refractivity contribution in [3.05, 3.63) is 60.4 Å². The molecule has 2 aromatic carbocycles. The fraction of sp³-hybridized carbons (Fsp3) is 0.263. The molecule has 1 amide bonds. The predicted molar refractivity (Wildman–Crippen MR) is 93.5 cm³/mol. The first-order chi connectivity index (χ1) is 10.9. The van der Waals surface area contributed by atoms with E-state index in [1.165, 1.54) is 0 Å². The van der Waals surface area contributed by atoms with Crippen molar-refractivity contribution in [1.82, 2.24) is 9.55 Å². The van der Waals surface area contributed by atoms with Gasteiger partial charge in [0.2, 0.25) is 5.91 Å². The predicted octanol–water partition coefficient (Wildman–Crippen LogP) is 3.97. The van der Waals surface area contributed by atoms with Crippen LogP contribution in [0.3, 0.4) is 0 Å². The van der Waals surface area contributed by atoms with Crippen LogP contribution in [0.2, 0.25) is 0 Å². The normalized spacial score (nSPS) is 11.6. The van der Waals surface area contributed by atoms with Crippen LogP contribution in [-0.2, 0) is 16.8 Å². The van der Waals surface area contributed by atoms with Crippen LogP contribution in [-0.4, -0.2) is 15.5 Å². The topological polar surface area (TPSA) is 46.9 Å². The summed E-state index contributed by atoms with van der Waals surface area (Å²) in [4.78, 5) is 17.2. The van der Waals surface area contributed by atoms with E-state index in [2.05, 4.69) is 26.1 Å². The Labute approximate surface area is 136 Å². The van der Waals surface area contributed by atoms with Crippen molar-refractivity contribution >= 4 is 22.6 Å². The molecule has 0 bridgehead atoms. The van der Waals surface area contributed by atoms with E-state index in [4.69, 9.17) is 4.98 Å². The number of carbonyl (C=O) groups is 1. The van der Waals surface area contributed by atoms with Crippen LogP contribution in [0.5, 0.6) is 0 Å². The number of nitrogens with zero attached hydrogens (tertiary/aromatic N) is 2. The maximum absolute atomic E-state index is 12.4. The summed E-state index contributed by atoms with van der Waals surface area (Å²) in [5.41, 5.74) is 2.58. The van der Waals surface area contributed by atoms with Crippen molar-refractivity contribution in [3.8, 4) is 0 Å². The zero-order chi connectivity index (χ0) is 16.4. The minimum Gasteiger partial charge on any atom is -0.325 e. The molecule has 0 radical (unpaired) electrons. The molecule has 23 heavy (non-hydrogen) atoms. The lowest BCUT2D eigenvalue weighted by molar-refractivity contribution is -0.116. The number of anilines is 1. The van der Waals surface area contributed by atoms with E-state index in [1.807, 2.05) is 59.2 Å². The largest absolute Gasteiger partial charge is 0.325 e. The van der Waals surface area contributed by atoms with Crippen LogP contribution in [0, 0.1) is 0 Å².